The van der Waals surface area contributed by atoms with Gasteiger partial charge in [0.15, 0.2) is 0 Å². The van der Waals surface area contributed by atoms with E-state index in [9.17, 15) is 8.42 Å². The Labute approximate surface area is 130 Å². The van der Waals surface area contributed by atoms with E-state index in [-0.39, 0.29) is 11.4 Å². The molecule has 20 heavy (non-hydrogen) atoms. The summed E-state index contributed by atoms with van der Waals surface area (Å²) in [5, 5.41) is 0. The van der Waals surface area contributed by atoms with E-state index in [2.05, 4.69) is 25.6 Å². The summed E-state index contributed by atoms with van der Waals surface area (Å²) < 4.78 is 32.9. The molecule has 0 aliphatic carbocycles. The van der Waals surface area contributed by atoms with Crippen LogP contribution in [-0.2, 0) is 16.6 Å². The number of aromatic nitrogens is 1. The van der Waals surface area contributed by atoms with Crippen LogP contribution in [0.5, 0.6) is 5.88 Å². The van der Waals surface area contributed by atoms with E-state index in [1.165, 1.54) is 18.4 Å². The standard InChI is InChI=1S/C12H13BrN2O3S2/c1-8-10(6-11(13)19-8)20(16,17)15-7-9-4-3-5-14-12(9)18-2/h3-6,15H,7H2,1-2H3. The van der Waals surface area contributed by atoms with Gasteiger partial charge in [0.25, 0.3) is 0 Å². The predicted octanol–water partition coefficient (Wildman–Crippen LogP) is 2.70. The summed E-state index contributed by atoms with van der Waals surface area (Å²) in [6.07, 6.45) is 1.59. The van der Waals surface area contributed by atoms with Crippen molar-refractivity contribution in [1.82, 2.24) is 9.71 Å². The molecule has 0 aromatic carbocycles. The van der Waals surface area contributed by atoms with E-state index in [0.29, 0.717) is 11.4 Å². The maximum atomic E-state index is 12.3. The van der Waals surface area contributed by atoms with Gasteiger partial charge in [-0.3, -0.25) is 0 Å². The fourth-order valence-corrected chi connectivity index (χ4v) is 5.11. The second-order valence-electron chi connectivity index (χ2n) is 3.97. The van der Waals surface area contributed by atoms with Crippen molar-refractivity contribution < 1.29 is 13.2 Å². The number of rotatable bonds is 5. The number of aryl methyl sites for hydroxylation is 1. The second-order valence-corrected chi connectivity index (χ2v) is 8.34. The maximum Gasteiger partial charge on any atom is 0.242 e. The molecular weight excluding hydrogens is 364 g/mol. The number of hydrogen-bond acceptors (Lipinski definition) is 5. The topological polar surface area (TPSA) is 68.3 Å². The van der Waals surface area contributed by atoms with Crippen molar-refractivity contribution in [3.63, 3.8) is 0 Å². The molecule has 8 heteroatoms. The van der Waals surface area contributed by atoms with Crippen LogP contribution in [0.4, 0.5) is 0 Å². The highest BCUT2D eigenvalue weighted by Gasteiger charge is 2.19. The molecule has 0 radical (unpaired) electrons. The SMILES string of the molecule is COc1ncccc1CNS(=O)(=O)c1cc(Br)sc1C. The van der Waals surface area contributed by atoms with Gasteiger partial charge in [0, 0.05) is 23.2 Å². The minimum Gasteiger partial charge on any atom is -0.481 e. The van der Waals surface area contributed by atoms with Crippen LogP contribution in [-0.4, -0.2) is 20.5 Å². The summed E-state index contributed by atoms with van der Waals surface area (Å²) in [5.41, 5.74) is 0.686. The second kappa shape index (κ2) is 6.21. The molecule has 1 N–H and O–H groups in total. The summed E-state index contributed by atoms with van der Waals surface area (Å²) in [7, 11) is -2.05. The first-order chi connectivity index (χ1) is 9.44. The largest absolute Gasteiger partial charge is 0.481 e. The number of ether oxygens (including phenoxy) is 1. The smallest absolute Gasteiger partial charge is 0.242 e. The van der Waals surface area contributed by atoms with Crippen LogP contribution in [0, 0.1) is 6.92 Å². The number of nitrogens with zero attached hydrogens (tertiary/aromatic N) is 1. The molecule has 2 aromatic rings. The summed E-state index contributed by atoms with van der Waals surface area (Å²) in [4.78, 5) is 5.06. The summed E-state index contributed by atoms with van der Waals surface area (Å²) >= 11 is 4.68. The number of methoxy groups -OCH3 is 1. The first-order valence-electron chi connectivity index (χ1n) is 5.67. The Morgan fingerprint density at radius 1 is 1.50 bits per heavy atom. The zero-order valence-corrected chi connectivity index (χ0v) is 14.1. The molecule has 2 rings (SSSR count). The quantitative estimate of drug-likeness (QED) is 0.870. The molecule has 2 heterocycles. The number of pyridine rings is 1. The van der Waals surface area contributed by atoms with Gasteiger partial charge in [0.2, 0.25) is 15.9 Å². The average Bonchev–Trinajstić information content (AvgIpc) is 2.76. The lowest BCUT2D eigenvalue weighted by molar-refractivity contribution is 0.392. The highest BCUT2D eigenvalue weighted by Crippen LogP contribution is 2.29. The molecule has 0 bridgehead atoms. The van der Waals surface area contributed by atoms with Crippen LogP contribution in [0.25, 0.3) is 0 Å². The zero-order valence-electron chi connectivity index (χ0n) is 10.9. The summed E-state index contributed by atoms with van der Waals surface area (Å²) in [6.45, 7) is 1.90. The molecule has 5 nitrogen and oxygen atoms in total. The number of nitrogens with one attached hydrogen (secondary N) is 1. The van der Waals surface area contributed by atoms with E-state index in [4.69, 9.17) is 4.74 Å². The average molecular weight is 377 g/mol. The molecular formula is C12H13BrN2O3S2. The Balaban J connectivity index is 2.20. The Hall–Kier alpha value is -0.960. The number of halogens is 1. The fraction of sp³-hybridized carbons (Fsp3) is 0.250. The highest BCUT2D eigenvalue weighted by molar-refractivity contribution is 9.11. The van der Waals surface area contributed by atoms with Crippen molar-refractivity contribution in [3.05, 3.63) is 38.6 Å². The lowest BCUT2D eigenvalue weighted by Crippen LogP contribution is -2.23. The minimum atomic E-state index is -3.55. The van der Waals surface area contributed by atoms with Crippen molar-refractivity contribution in [1.29, 1.82) is 0 Å². The van der Waals surface area contributed by atoms with E-state index in [0.717, 1.165) is 8.66 Å². The van der Waals surface area contributed by atoms with E-state index in [1.54, 1.807) is 31.3 Å². The lowest BCUT2D eigenvalue weighted by Gasteiger charge is -2.09. The molecule has 0 unspecified atom stereocenters. The third-order valence-corrected chi connectivity index (χ3v) is 5.84. The zero-order chi connectivity index (χ0) is 14.8. The van der Waals surface area contributed by atoms with Gasteiger partial charge in [-0.15, -0.1) is 11.3 Å². The molecule has 0 amide bonds. The van der Waals surface area contributed by atoms with Crippen molar-refractivity contribution in [2.45, 2.75) is 18.4 Å². The van der Waals surface area contributed by atoms with Gasteiger partial charge in [0.05, 0.1) is 15.8 Å². The maximum absolute atomic E-state index is 12.3. The first-order valence-corrected chi connectivity index (χ1v) is 8.77. The molecule has 0 aliphatic heterocycles. The molecule has 0 atom stereocenters. The van der Waals surface area contributed by atoms with Crippen molar-refractivity contribution >= 4 is 37.3 Å². The van der Waals surface area contributed by atoms with Gasteiger partial charge in [-0.1, -0.05) is 6.07 Å². The number of thiophene rings is 1. The molecule has 0 spiro atoms. The molecule has 108 valence electrons. The summed E-state index contributed by atoms with van der Waals surface area (Å²) in [5.74, 6) is 0.415. The number of sulfonamides is 1. The molecule has 0 saturated heterocycles. The monoisotopic (exact) mass is 376 g/mol. The van der Waals surface area contributed by atoms with E-state index >= 15 is 0 Å². The first kappa shape index (κ1) is 15.4. The Morgan fingerprint density at radius 2 is 2.25 bits per heavy atom. The van der Waals surface area contributed by atoms with E-state index < -0.39 is 10.0 Å². The van der Waals surface area contributed by atoms with Gasteiger partial charge < -0.3 is 4.74 Å². The van der Waals surface area contributed by atoms with Gasteiger partial charge in [-0.25, -0.2) is 18.1 Å². The van der Waals surface area contributed by atoms with Crippen molar-refractivity contribution in [2.24, 2.45) is 0 Å². The van der Waals surface area contributed by atoms with Crippen LogP contribution in [0.15, 0.2) is 33.1 Å². The Bertz CT molecular complexity index is 713. The molecule has 0 aliphatic rings. The molecule has 0 fully saturated rings. The van der Waals surface area contributed by atoms with Crippen molar-refractivity contribution in [3.8, 4) is 5.88 Å². The molecule has 2 aromatic heterocycles. The fourth-order valence-electron chi connectivity index (χ4n) is 1.69. The highest BCUT2D eigenvalue weighted by atomic mass is 79.9. The summed E-state index contributed by atoms with van der Waals surface area (Å²) in [6, 6.07) is 5.10. The van der Waals surface area contributed by atoms with Crippen LogP contribution < -0.4 is 9.46 Å². The Morgan fingerprint density at radius 3 is 2.85 bits per heavy atom. The van der Waals surface area contributed by atoms with Crippen LogP contribution in [0.3, 0.4) is 0 Å². The number of hydrogen-bond donors (Lipinski definition) is 1. The third kappa shape index (κ3) is 3.38. The van der Waals surface area contributed by atoms with Crippen LogP contribution >= 0.6 is 27.3 Å². The minimum absolute atomic E-state index is 0.131. The van der Waals surface area contributed by atoms with Gasteiger partial charge in [-0.05, 0) is 35.0 Å². The van der Waals surface area contributed by atoms with Gasteiger partial charge in [0.1, 0.15) is 0 Å². The predicted molar refractivity (Wildman–Crippen MR) is 81.6 cm³/mol. The van der Waals surface area contributed by atoms with Crippen LogP contribution in [0.2, 0.25) is 0 Å². The molecule has 0 saturated carbocycles. The van der Waals surface area contributed by atoms with Gasteiger partial charge >= 0.3 is 0 Å². The normalized spacial score (nSPS) is 11.6. The van der Waals surface area contributed by atoms with E-state index in [1.807, 2.05) is 0 Å². The lowest BCUT2D eigenvalue weighted by atomic mass is 10.3. The van der Waals surface area contributed by atoms with Crippen LogP contribution in [0.1, 0.15) is 10.4 Å². The Kier molecular flexibility index (Phi) is 4.79. The third-order valence-electron chi connectivity index (χ3n) is 2.63. The van der Waals surface area contributed by atoms with Crippen molar-refractivity contribution in [2.75, 3.05) is 7.11 Å². The van der Waals surface area contributed by atoms with Gasteiger partial charge in [-0.2, -0.15) is 0 Å².